The highest BCUT2D eigenvalue weighted by atomic mass is 16.3. The molecule has 2 unspecified atom stereocenters. The minimum Gasteiger partial charge on any atom is -0.390 e. The van der Waals surface area contributed by atoms with E-state index in [1.165, 1.54) is 6.42 Å². The highest BCUT2D eigenvalue weighted by Crippen LogP contribution is 2.33. The van der Waals surface area contributed by atoms with Crippen LogP contribution in [-0.2, 0) is 11.2 Å². The molecule has 0 aromatic heterocycles. The lowest BCUT2D eigenvalue weighted by Gasteiger charge is -2.36. The van der Waals surface area contributed by atoms with Crippen LogP contribution in [0.1, 0.15) is 79.9 Å². The second kappa shape index (κ2) is 12.9. The van der Waals surface area contributed by atoms with Crippen molar-refractivity contribution < 1.29 is 24.9 Å². The number of rotatable bonds is 10. The van der Waals surface area contributed by atoms with E-state index in [-0.39, 0.29) is 11.8 Å². The molecule has 206 valence electrons. The van der Waals surface area contributed by atoms with Gasteiger partial charge < -0.3 is 26.0 Å². The summed E-state index contributed by atoms with van der Waals surface area (Å²) >= 11 is 0. The molecule has 7 heteroatoms. The molecule has 0 bridgehead atoms. The predicted octanol–water partition coefficient (Wildman–Crippen LogP) is 3.52. The van der Waals surface area contributed by atoms with Crippen LogP contribution < -0.4 is 10.6 Å². The second-order valence-electron chi connectivity index (χ2n) is 11.4. The summed E-state index contributed by atoms with van der Waals surface area (Å²) in [7, 11) is 0. The van der Waals surface area contributed by atoms with Gasteiger partial charge in [-0.3, -0.25) is 9.59 Å². The van der Waals surface area contributed by atoms with E-state index in [0.717, 1.165) is 36.8 Å². The van der Waals surface area contributed by atoms with E-state index in [1.54, 1.807) is 24.3 Å². The summed E-state index contributed by atoms with van der Waals surface area (Å²) in [5, 5.41) is 39.4. The molecule has 6 atom stereocenters. The van der Waals surface area contributed by atoms with Gasteiger partial charge in [-0.05, 0) is 41.5 Å². The first kappa shape index (κ1) is 28.3. The van der Waals surface area contributed by atoms with Crippen molar-refractivity contribution >= 4 is 11.8 Å². The molecule has 2 aliphatic carbocycles. The van der Waals surface area contributed by atoms with E-state index in [4.69, 9.17) is 0 Å². The van der Waals surface area contributed by atoms with Gasteiger partial charge in [0.25, 0.3) is 5.91 Å². The van der Waals surface area contributed by atoms with Crippen LogP contribution in [0.15, 0.2) is 54.6 Å². The van der Waals surface area contributed by atoms with Crippen LogP contribution in [0.25, 0.3) is 0 Å². The van der Waals surface area contributed by atoms with E-state index in [2.05, 4.69) is 10.6 Å². The Bertz CT molecular complexity index is 1070. The molecule has 1 saturated carbocycles. The first-order valence-electron chi connectivity index (χ1n) is 14.0. The molecule has 2 aromatic carbocycles. The lowest BCUT2D eigenvalue weighted by atomic mass is 9.79. The second-order valence-corrected chi connectivity index (χ2v) is 11.4. The van der Waals surface area contributed by atoms with E-state index in [0.29, 0.717) is 24.3 Å². The Kier molecular flexibility index (Phi) is 9.58. The molecule has 7 nitrogen and oxygen atoms in total. The molecule has 2 aliphatic rings. The minimum atomic E-state index is -1.39. The molecule has 0 heterocycles. The molecule has 38 heavy (non-hydrogen) atoms. The maximum Gasteiger partial charge on any atom is 0.251 e. The Balaban J connectivity index is 1.51. The summed E-state index contributed by atoms with van der Waals surface area (Å²) in [5.41, 5.74) is 2.34. The summed E-state index contributed by atoms with van der Waals surface area (Å²) in [6, 6.07) is 15.2. The van der Waals surface area contributed by atoms with Crippen LogP contribution in [0.3, 0.4) is 0 Å². The van der Waals surface area contributed by atoms with Gasteiger partial charge in [-0.25, -0.2) is 0 Å². The van der Waals surface area contributed by atoms with Crippen LogP contribution in [-0.4, -0.2) is 51.5 Å². The van der Waals surface area contributed by atoms with E-state index < -0.39 is 42.2 Å². The predicted molar refractivity (Wildman–Crippen MR) is 146 cm³/mol. The summed E-state index contributed by atoms with van der Waals surface area (Å²) < 4.78 is 0. The van der Waals surface area contributed by atoms with Crippen LogP contribution in [0.4, 0.5) is 0 Å². The number of carbonyl (C=O) groups is 2. The molecule has 0 aliphatic heterocycles. The van der Waals surface area contributed by atoms with Crippen molar-refractivity contribution in [2.75, 3.05) is 0 Å². The van der Waals surface area contributed by atoms with Gasteiger partial charge >= 0.3 is 0 Å². The lowest BCUT2D eigenvalue weighted by molar-refractivity contribution is -0.137. The summed E-state index contributed by atoms with van der Waals surface area (Å²) in [6.45, 7) is 3.66. The zero-order valence-electron chi connectivity index (χ0n) is 22.4. The number of aliphatic hydroxyl groups excluding tert-OH is 3. The summed E-state index contributed by atoms with van der Waals surface area (Å²) in [5.74, 6) is -1.60. The van der Waals surface area contributed by atoms with Crippen LogP contribution in [0, 0.1) is 17.8 Å². The topological polar surface area (TPSA) is 119 Å². The first-order chi connectivity index (χ1) is 18.3. The number of amides is 2. The average Bonchev–Trinajstić information content (AvgIpc) is 3.23. The number of fused-ring (bicyclic) bond motifs is 1. The van der Waals surface area contributed by atoms with Gasteiger partial charge in [0.15, 0.2) is 0 Å². The molecule has 1 fully saturated rings. The molecule has 4 rings (SSSR count). The highest BCUT2D eigenvalue weighted by Gasteiger charge is 2.41. The number of aliphatic hydroxyl groups is 3. The van der Waals surface area contributed by atoms with E-state index >= 15 is 0 Å². The van der Waals surface area contributed by atoms with E-state index in [1.807, 2.05) is 44.2 Å². The zero-order valence-corrected chi connectivity index (χ0v) is 22.4. The maximum atomic E-state index is 13.5. The van der Waals surface area contributed by atoms with Gasteiger partial charge in [0.1, 0.15) is 6.10 Å². The van der Waals surface area contributed by atoms with Gasteiger partial charge in [0.2, 0.25) is 5.91 Å². The molecule has 0 spiro atoms. The van der Waals surface area contributed by atoms with Gasteiger partial charge in [0.05, 0.1) is 30.2 Å². The first-order valence-corrected chi connectivity index (χ1v) is 14.0. The fraction of sp³-hybridized carbons (Fsp3) is 0.548. The number of hydrogen-bond donors (Lipinski definition) is 5. The van der Waals surface area contributed by atoms with Crippen LogP contribution >= 0.6 is 0 Å². The maximum absolute atomic E-state index is 13.5. The Morgan fingerprint density at radius 3 is 2.26 bits per heavy atom. The summed E-state index contributed by atoms with van der Waals surface area (Å²) in [4.78, 5) is 26.6. The Hall–Kier alpha value is -2.74. The molecular weight excluding hydrogens is 480 g/mol. The van der Waals surface area contributed by atoms with Crippen molar-refractivity contribution in [3.63, 3.8) is 0 Å². The molecule has 0 saturated heterocycles. The van der Waals surface area contributed by atoms with Crippen molar-refractivity contribution in [3.8, 4) is 0 Å². The Morgan fingerprint density at radius 2 is 1.58 bits per heavy atom. The molecular formula is C31H42N2O5. The molecule has 2 aromatic rings. The van der Waals surface area contributed by atoms with E-state index in [9.17, 15) is 24.9 Å². The third-order valence-corrected chi connectivity index (χ3v) is 8.32. The van der Waals surface area contributed by atoms with Crippen molar-refractivity contribution in [1.82, 2.24) is 10.6 Å². The lowest BCUT2D eigenvalue weighted by Crippen LogP contribution is -2.55. The van der Waals surface area contributed by atoms with Gasteiger partial charge in [-0.1, -0.05) is 88.4 Å². The van der Waals surface area contributed by atoms with Gasteiger partial charge in [0, 0.05) is 12.0 Å². The monoisotopic (exact) mass is 522 g/mol. The normalized spacial score (nSPS) is 22.8. The number of nitrogens with one attached hydrogen (secondary N) is 2. The number of hydrogen-bond acceptors (Lipinski definition) is 5. The van der Waals surface area contributed by atoms with Gasteiger partial charge in [-0.15, -0.1) is 0 Å². The smallest absolute Gasteiger partial charge is 0.251 e. The van der Waals surface area contributed by atoms with Crippen molar-refractivity contribution in [2.24, 2.45) is 17.8 Å². The highest BCUT2D eigenvalue weighted by molar-refractivity contribution is 5.94. The number of benzene rings is 2. The minimum absolute atomic E-state index is 0.284. The van der Waals surface area contributed by atoms with Crippen LogP contribution in [0.2, 0.25) is 0 Å². The third kappa shape index (κ3) is 6.63. The number of carbonyl (C=O) groups excluding carboxylic acids is 2. The average molecular weight is 523 g/mol. The fourth-order valence-corrected chi connectivity index (χ4v) is 6.21. The van der Waals surface area contributed by atoms with Crippen LogP contribution in [0.5, 0.6) is 0 Å². The summed E-state index contributed by atoms with van der Waals surface area (Å²) in [6.07, 6.45) is 2.98. The van der Waals surface area contributed by atoms with Crippen molar-refractivity contribution in [1.29, 1.82) is 0 Å². The molecule has 0 radical (unpaired) electrons. The fourth-order valence-electron chi connectivity index (χ4n) is 6.21. The zero-order chi connectivity index (χ0) is 27.2. The van der Waals surface area contributed by atoms with Gasteiger partial charge in [-0.2, -0.15) is 0 Å². The Morgan fingerprint density at radius 1 is 0.921 bits per heavy atom. The third-order valence-electron chi connectivity index (χ3n) is 8.32. The Labute approximate surface area is 225 Å². The van der Waals surface area contributed by atoms with Crippen molar-refractivity contribution in [3.05, 3.63) is 71.3 Å². The quantitative estimate of drug-likeness (QED) is 0.327. The standard InChI is InChI=1S/C31H42N2O5/c1-19(2)26(31(38)33-27-23-16-10-9-15-22(23)18-25(27)34)29(36)28(35)24(17-20-11-5-3-6-12-20)32-30(37)21-13-7-4-8-14-21/h4,7-10,13-16,19-20,24-29,34-36H,3,5-6,11-12,17-18H2,1-2H3,(H,32,37)(H,33,38)/t24-,25?,26+,27?,28+,29+/m0/s1. The molecule has 2 amide bonds. The SMILES string of the molecule is CC(C)[C@@H](C(=O)NC1c2ccccc2CC1O)[C@@H](O)[C@H](O)[C@H](CC1CCCCC1)NC(=O)c1ccccc1. The largest absolute Gasteiger partial charge is 0.390 e. The molecule has 5 N–H and O–H groups in total. The van der Waals surface area contributed by atoms with Crippen molar-refractivity contribution in [2.45, 2.75) is 89.2 Å².